The molecule has 0 aromatic carbocycles. The molecule has 0 radical (unpaired) electrons. The number of fused-ring (bicyclic) bond motifs is 1. The Balaban J connectivity index is 1.47. The van der Waals surface area contributed by atoms with Crippen LogP contribution in [-0.4, -0.2) is 58.1 Å². The highest BCUT2D eigenvalue weighted by molar-refractivity contribution is 5.75. The van der Waals surface area contributed by atoms with Crippen LogP contribution in [0.3, 0.4) is 0 Å². The summed E-state index contributed by atoms with van der Waals surface area (Å²) in [6.07, 6.45) is 5.48. The van der Waals surface area contributed by atoms with Crippen molar-refractivity contribution in [3.8, 4) is 0 Å². The Morgan fingerprint density at radius 1 is 1.04 bits per heavy atom. The number of anilines is 3. The highest BCUT2D eigenvalue weighted by Gasteiger charge is 2.15. The van der Waals surface area contributed by atoms with Gasteiger partial charge in [-0.25, -0.2) is 9.97 Å². The lowest BCUT2D eigenvalue weighted by atomic mass is 10.3. The third-order valence-electron chi connectivity index (χ3n) is 4.13. The molecule has 1 aliphatic rings. The van der Waals surface area contributed by atoms with Crippen molar-refractivity contribution in [2.24, 2.45) is 0 Å². The summed E-state index contributed by atoms with van der Waals surface area (Å²) in [6.45, 7) is 4.18. The Hall–Kier alpha value is -2.67. The van der Waals surface area contributed by atoms with Gasteiger partial charge in [-0.3, -0.25) is 0 Å². The van der Waals surface area contributed by atoms with Gasteiger partial charge in [-0.05, 0) is 25.2 Å². The minimum atomic E-state index is 0.564. The maximum absolute atomic E-state index is 4.56. The smallest absolute Gasteiger partial charge is 0.229 e. The Morgan fingerprint density at radius 3 is 2.70 bits per heavy atom. The van der Waals surface area contributed by atoms with Crippen molar-refractivity contribution < 1.29 is 0 Å². The van der Waals surface area contributed by atoms with Gasteiger partial charge in [0.2, 0.25) is 5.95 Å². The third-order valence-corrected chi connectivity index (χ3v) is 4.13. The number of nitrogens with one attached hydrogen (secondary N) is 2. The number of piperazine rings is 1. The molecule has 0 unspecified atom stereocenters. The molecule has 0 amide bonds. The number of aromatic nitrogens is 4. The first-order chi connectivity index (χ1) is 11.3. The van der Waals surface area contributed by atoms with E-state index in [9.17, 15) is 0 Å². The number of pyridine rings is 1. The van der Waals surface area contributed by atoms with Crippen LogP contribution in [-0.2, 0) is 0 Å². The van der Waals surface area contributed by atoms with E-state index < -0.39 is 0 Å². The molecule has 0 spiro atoms. The number of hydrogen-bond donors (Lipinski definition) is 2. The van der Waals surface area contributed by atoms with E-state index in [1.54, 1.807) is 6.20 Å². The van der Waals surface area contributed by atoms with Crippen LogP contribution >= 0.6 is 0 Å². The van der Waals surface area contributed by atoms with Crippen molar-refractivity contribution in [1.29, 1.82) is 0 Å². The van der Waals surface area contributed by atoms with Crippen molar-refractivity contribution in [2.45, 2.75) is 0 Å². The Labute approximate surface area is 134 Å². The number of H-pyrrole nitrogens is 1. The van der Waals surface area contributed by atoms with Gasteiger partial charge in [-0.15, -0.1) is 0 Å². The molecule has 0 saturated carbocycles. The van der Waals surface area contributed by atoms with Crippen LogP contribution < -0.4 is 10.2 Å². The quantitative estimate of drug-likeness (QED) is 0.769. The van der Waals surface area contributed by atoms with Gasteiger partial charge in [0, 0.05) is 44.0 Å². The Morgan fingerprint density at radius 2 is 1.91 bits per heavy atom. The number of aromatic amines is 1. The number of hydrogen-bond acceptors (Lipinski definition) is 6. The fourth-order valence-corrected chi connectivity index (χ4v) is 2.71. The Kier molecular flexibility index (Phi) is 3.55. The zero-order valence-electron chi connectivity index (χ0n) is 13.0. The monoisotopic (exact) mass is 309 g/mol. The standard InChI is InChI=1S/C16H19N7/c1-22-6-8-23(9-7-22)14-3-2-13(11-18-14)20-16-19-10-12-4-5-17-15(12)21-16/h2-5,10-11H,6-9H2,1H3,(H2,17,19,20,21). The zero-order valence-corrected chi connectivity index (χ0v) is 13.0. The summed E-state index contributed by atoms with van der Waals surface area (Å²) >= 11 is 0. The van der Waals surface area contributed by atoms with Crippen LogP contribution in [0.2, 0.25) is 0 Å². The largest absolute Gasteiger partial charge is 0.354 e. The second kappa shape index (κ2) is 5.85. The SMILES string of the molecule is CN1CCN(c2ccc(Nc3ncc4cc[nH]c4n3)cn2)CC1. The first-order valence-electron chi connectivity index (χ1n) is 7.75. The van der Waals surface area contributed by atoms with Gasteiger partial charge < -0.3 is 20.1 Å². The van der Waals surface area contributed by atoms with E-state index in [0.717, 1.165) is 48.7 Å². The van der Waals surface area contributed by atoms with Gasteiger partial charge in [-0.1, -0.05) is 0 Å². The lowest BCUT2D eigenvalue weighted by Gasteiger charge is -2.33. The summed E-state index contributed by atoms with van der Waals surface area (Å²) in [7, 11) is 2.15. The molecule has 7 heteroatoms. The van der Waals surface area contributed by atoms with Gasteiger partial charge in [0.05, 0.1) is 11.9 Å². The highest BCUT2D eigenvalue weighted by atomic mass is 15.3. The second-order valence-electron chi connectivity index (χ2n) is 5.80. The summed E-state index contributed by atoms with van der Waals surface area (Å²) in [5.41, 5.74) is 1.71. The van der Waals surface area contributed by atoms with Crippen LogP contribution in [0, 0.1) is 0 Å². The predicted molar refractivity (Wildman–Crippen MR) is 91.1 cm³/mol. The van der Waals surface area contributed by atoms with E-state index in [-0.39, 0.29) is 0 Å². The van der Waals surface area contributed by atoms with Gasteiger partial charge >= 0.3 is 0 Å². The first kappa shape index (κ1) is 14.0. The number of likely N-dealkylation sites (N-methyl/N-ethyl adjacent to an activating group) is 1. The molecule has 0 bridgehead atoms. The average Bonchev–Trinajstić information content (AvgIpc) is 3.04. The van der Waals surface area contributed by atoms with Crippen molar-refractivity contribution in [2.75, 3.05) is 43.4 Å². The van der Waals surface area contributed by atoms with Crippen LogP contribution in [0.15, 0.2) is 36.8 Å². The maximum Gasteiger partial charge on any atom is 0.229 e. The molecular formula is C16H19N7. The fourth-order valence-electron chi connectivity index (χ4n) is 2.71. The molecule has 0 aliphatic carbocycles. The minimum Gasteiger partial charge on any atom is -0.354 e. The molecule has 4 rings (SSSR count). The Bertz CT molecular complexity index is 788. The van der Waals surface area contributed by atoms with Gasteiger partial charge in [0.15, 0.2) is 0 Å². The van der Waals surface area contributed by atoms with E-state index in [4.69, 9.17) is 0 Å². The van der Waals surface area contributed by atoms with Crippen molar-refractivity contribution in [3.63, 3.8) is 0 Å². The van der Waals surface area contributed by atoms with E-state index in [2.05, 4.69) is 42.1 Å². The average molecular weight is 309 g/mol. The van der Waals surface area contributed by atoms with Crippen molar-refractivity contribution in [1.82, 2.24) is 24.8 Å². The molecule has 3 aromatic heterocycles. The van der Waals surface area contributed by atoms with E-state index in [1.165, 1.54) is 0 Å². The van der Waals surface area contributed by atoms with Gasteiger partial charge in [-0.2, -0.15) is 4.98 Å². The lowest BCUT2D eigenvalue weighted by molar-refractivity contribution is 0.312. The summed E-state index contributed by atoms with van der Waals surface area (Å²) in [5.74, 6) is 1.58. The molecule has 1 fully saturated rings. The van der Waals surface area contributed by atoms with Crippen molar-refractivity contribution in [3.05, 3.63) is 36.8 Å². The van der Waals surface area contributed by atoms with Crippen LogP contribution in [0.1, 0.15) is 0 Å². The highest BCUT2D eigenvalue weighted by Crippen LogP contribution is 2.18. The van der Waals surface area contributed by atoms with E-state index in [0.29, 0.717) is 5.95 Å². The molecule has 2 N–H and O–H groups in total. The topological polar surface area (TPSA) is 73.0 Å². The van der Waals surface area contributed by atoms with Crippen LogP contribution in [0.4, 0.5) is 17.5 Å². The molecule has 23 heavy (non-hydrogen) atoms. The maximum atomic E-state index is 4.56. The zero-order chi connectivity index (χ0) is 15.6. The first-order valence-corrected chi connectivity index (χ1v) is 7.75. The van der Waals surface area contributed by atoms with E-state index in [1.807, 2.05) is 30.6 Å². The summed E-state index contributed by atoms with van der Waals surface area (Å²) < 4.78 is 0. The summed E-state index contributed by atoms with van der Waals surface area (Å²) in [6, 6.07) is 6.01. The lowest BCUT2D eigenvalue weighted by Crippen LogP contribution is -2.44. The molecule has 3 aromatic rings. The molecule has 1 aliphatic heterocycles. The molecule has 4 heterocycles. The molecule has 1 saturated heterocycles. The van der Waals surface area contributed by atoms with Crippen LogP contribution in [0.25, 0.3) is 11.0 Å². The minimum absolute atomic E-state index is 0.564. The fraction of sp³-hybridized carbons (Fsp3) is 0.312. The molecular weight excluding hydrogens is 290 g/mol. The summed E-state index contributed by atoms with van der Waals surface area (Å²) in [4.78, 5) is 21.0. The summed E-state index contributed by atoms with van der Waals surface area (Å²) in [5, 5.41) is 4.19. The van der Waals surface area contributed by atoms with Crippen molar-refractivity contribution >= 4 is 28.5 Å². The third kappa shape index (κ3) is 2.95. The number of nitrogens with zero attached hydrogens (tertiary/aromatic N) is 5. The number of rotatable bonds is 3. The molecule has 0 atom stereocenters. The second-order valence-corrected chi connectivity index (χ2v) is 5.80. The molecule has 118 valence electrons. The normalized spacial score (nSPS) is 16.0. The van der Waals surface area contributed by atoms with Crippen LogP contribution in [0.5, 0.6) is 0 Å². The predicted octanol–water partition coefficient (Wildman–Crippen LogP) is 1.85. The van der Waals surface area contributed by atoms with Gasteiger partial charge in [0.1, 0.15) is 11.5 Å². The molecule has 7 nitrogen and oxygen atoms in total. The van der Waals surface area contributed by atoms with E-state index >= 15 is 0 Å². The van der Waals surface area contributed by atoms with Gasteiger partial charge in [0.25, 0.3) is 0 Å².